The van der Waals surface area contributed by atoms with Crippen molar-refractivity contribution in [1.29, 1.82) is 5.26 Å². The van der Waals surface area contributed by atoms with E-state index in [4.69, 9.17) is 33.7 Å². The number of nitriles is 1. The molecule has 0 aliphatic heterocycles. The molecule has 0 saturated carbocycles. The van der Waals surface area contributed by atoms with Crippen molar-refractivity contribution in [2.45, 2.75) is 6.54 Å². The minimum absolute atomic E-state index is 0.366. The number of nitrogens with two attached hydrogens (primary N) is 1. The first kappa shape index (κ1) is 22.3. The van der Waals surface area contributed by atoms with Crippen molar-refractivity contribution in [3.05, 3.63) is 106 Å². The maximum Gasteiger partial charge on any atom is 0.118 e. The fraction of sp³-hybridized carbons (Fsp3) is 0.0800. The second-order valence-electron chi connectivity index (χ2n) is 6.77. The predicted molar refractivity (Wildman–Crippen MR) is 129 cm³/mol. The standard InChI is InChI=1S/C25H21Cl2N3O/c1-17(20(15-28)13-18-7-11-22(31-2)12-8-18)30(25-6-4-3-5-24(25)29)16-19-9-10-21(26)14-23(19)27/h3-14H,1,16,29H2,2H3/b20-13+. The van der Waals surface area contributed by atoms with Crippen LogP contribution in [0.15, 0.2) is 84.6 Å². The van der Waals surface area contributed by atoms with Crippen LogP contribution in [-0.2, 0) is 6.54 Å². The molecule has 0 heterocycles. The van der Waals surface area contributed by atoms with Gasteiger partial charge in [0.2, 0.25) is 0 Å². The highest BCUT2D eigenvalue weighted by molar-refractivity contribution is 6.35. The number of methoxy groups -OCH3 is 1. The van der Waals surface area contributed by atoms with E-state index in [-0.39, 0.29) is 0 Å². The molecule has 0 fully saturated rings. The van der Waals surface area contributed by atoms with Crippen molar-refractivity contribution >= 4 is 40.7 Å². The molecule has 0 unspecified atom stereocenters. The van der Waals surface area contributed by atoms with E-state index in [1.807, 2.05) is 53.4 Å². The molecular formula is C25H21Cl2N3O. The van der Waals surface area contributed by atoms with Gasteiger partial charge in [-0.3, -0.25) is 0 Å². The van der Waals surface area contributed by atoms with Crippen LogP contribution in [0.25, 0.3) is 6.08 Å². The van der Waals surface area contributed by atoms with E-state index in [0.29, 0.717) is 33.5 Å². The fourth-order valence-corrected chi connectivity index (χ4v) is 3.54. The summed E-state index contributed by atoms with van der Waals surface area (Å²) in [6.45, 7) is 4.57. The molecule has 0 amide bonds. The smallest absolute Gasteiger partial charge is 0.118 e. The highest BCUT2D eigenvalue weighted by Gasteiger charge is 2.18. The van der Waals surface area contributed by atoms with Crippen molar-refractivity contribution in [3.63, 3.8) is 0 Å². The summed E-state index contributed by atoms with van der Waals surface area (Å²) in [6, 6.07) is 22.4. The molecule has 0 bridgehead atoms. The average Bonchev–Trinajstić information content (AvgIpc) is 2.77. The predicted octanol–water partition coefficient (Wildman–Crippen LogP) is 6.71. The number of nitrogen functional groups attached to an aromatic ring is 1. The average molecular weight is 450 g/mol. The van der Waals surface area contributed by atoms with Crippen molar-refractivity contribution in [2.75, 3.05) is 17.7 Å². The molecule has 6 heteroatoms. The molecule has 3 rings (SSSR count). The van der Waals surface area contributed by atoms with Crippen molar-refractivity contribution in [3.8, 4) is 11.8 Å². The molecule has 4 nitrogen and oxygen atoms in total. The molecule has 156 valence electrons. The summed E-state index contributed by atoms with van der Waals surface area (Å²) in [4.78, 5) is 1.88. The van der Waals surface area contributed by atoms with Gasteiger partial charge in [0.05, 0.1) is 29.8 Å². The lowest BCUT2D eigenvalue weighted by atomic mass is 10.1. The lowest BCUT2D eigenvalue weighted by Crippen LogP contribution is -2.23. The van der Waals surface area contributed by atoms with Crippen LogP contribution in [0, 0.1) is 11.3 Å². The molecule has 3 aromatic carbocycles. The molecule has 0 radical (unpaired) electrons. The Morgan fingerprint density at radius 2 is 1.84 bits per heavy atom. The number of allylic oxidation sites excluding steroid dienone is 1. The number of benzene rings is 3. The monoisotopic (exact) mass is 449 g/mol. The van der Waals surface area contributed by atoms with Crippen LogP contribution < -0.4 is 15.4 Å². The third kappa shape index (κ3) is 5.40. The van der Waals surface area contributed by atoms with Gasteiger partial charge in [-0.25, -0.2) is 0 Å². The first-order chi connectivity index (χ1) is 14.9. The van der Waals surface area contributed by atoms with E-state index >= 15 is 0 Å². The van der Waals surface area contributed by atoms with Crippen LogP contribution in [0.4, 0.5) is 11.4 Å². The Balaban J connectivity index is 2.02. The molecule has 31 heavy (non-hydrogen) atoms. The SMILES string of the molecule is C=C(/C(C#N)=C/c1ccc(OC)cc1)N(Cc1ccc(Cl)cc1Cl)c1ccccc1N. The molecule has 0 aliphatic rings. The van der Waals surface area contributed by atoms with Gasteiger partial charge < -0.3 is 15.4 Å². The third-order valence-corrected chi connectivity index (χ3v) is 5.34. The highest BCUT2D eigenvalue weighted by atomic mass is 35.5. The van der Waals surface area contributed by atoms with Crippen molar-refractivity contribution < 1.29 is 4.74 Å². The Hall–Kier alpha value is -3.39. The molecule has 0 aliphatic carbocycles. The van der Waals surface area contributed by atoms with Crippen LogP contribution in [0.3, 0.4) is 0 Å². The van der Waals surface area contributed by atoms with Crippen LogP contribution in [0.5, 0.6) is 5.75 Å². The summed E-state index contributed by atoms with van der Waals surface area (Å²) in [5, 5.41) is 11.0. The zero-order valence-corrected chi connectivity index (χ0v) is 18.5. The van der Waals surface area contributed by atoms with Gasteiger partial charge in [-0.15, -0.1) is 0 Å². The lowest BCUT2D eigenvalue weighted by molar-refractivity contribution is 0.415. The normalized spacial score (nSPS) is 11.0. The Labute approximate surface area is 192 Å². The number of rotatable bonds is 7. The summed E-state index contributed by atoms with van der Waals surface area (Å²) >= 11 is 12.5. The molecule has 2 N–H and O–H groups in total. The van der Waals surface area contributed by atoms with Crippen molar-refractivity contribution in [2.24, 2.45) is 0 Å². The number of halogens is 2. The molecule has 0 saturated heterocycles. The maximum absolute atomic E-state index is 9.88. The Morgan fingerprint density at radius 1 is 1.13 bits per heavy atom. The van der Waals surface area contributed by atoms with Crippen LogP contribution in [-0.4, -0.2) is 7.11 Å². The number of anilines is 2. The molecule has 3 aromatic rings. The van der Waals surface area contributed by atoms with E-state index in [1.54, 1.807) is 31.4 Å². The van der Waals surface area contributed by atoms with Crippen molar-refractivity contribution in [1.82, 2.24) is 0 Å². The Bertz CT molecular complexity index is 1160. The van der Waals surface area contributed by atoms with Crippen LogP contribution >= 0.6 is 23.2 Å². The largest absolute Gasteiger partial charge is 0.497 e. The number of para-hydroxylation sites is 2. The Morgan fingerprint density at radius 3 is 2.45 bits per heavy atom. The number of hydrogen-bond acceptors (Lipinski definition) is 4. The molecule has 0 atom stereocenters. The second kappa shape index (κ2) is 10.1. The van der Waals surface area contributed by atoms with E-state index in [1.165, 1.54) is 0 Å². The first-order valence-electron chi connectivity index (χ1n) is 9.44. The molecular weight excluding hydrogens is 429 g/mol. The van der Waals surface area contributed by atoms with Gasteiger partial charge in [-0.1, -0.05) is 60.1 Å². The topological polar surface area (TPSA) is 62.3 Å². The summed E-state index contributed by atoms with van der Waals surface area (Å²) < 4.78 is 5.20. The van der Waals surface area contributed by atoms with E-state index < -0.39 is 0 Å². The summed E-state index contributed by atoms with van der Waals surface area (Å²) in [5.41, 5.74) is 10.1. The van der Waals surface area contributed by atoms with E-state index in [9.17, 15) is 5.26 Å². The zero-order valence-electron chi connectivity index (χ0n) is 17.0. The second-order valence-corrected chi connectivity index (χ2v) is 7.61. The summed E-state index contributed by atoms with van der Waals surface area (Å²) in [6.07, 6.45) is 1.78. The van der Waals surface area contributed by atoms with Gasteiger partial charge in [0.15, 0.2) is 0 Å². The molecule has 0 spiro atoms. The first-order valence-corrected chi connectivity index (χ1v) is 10.2. The molecule has 0 aromatic heterocycles. The summed E-state index contributed by atoms with van der Waals surface area (Å²) in [5.74, 6) is 0.741. The minimum atomic E-state index is 0.366. The third-order valence-electron chi connectivity index (χ3n) is 4.76. The number of hydrogen-bond donors (Lipinski definition) is 1. The lowest BCUT2D eigenvalue weighted by Gasteiger charge is -2.28. The summed E-state index contributed by atoms with van der Waals surface area (Å²) in [7, 11) is 1.61. The van der Waals surface area contributed by atoms with Gasteiger partial charge in [0.1, 0.15) is 11.8 Å². The van der Waals surface area contributed by atoms with Gasteiger partial charge >= 0.3 is 0 Å². The minimum Gasteiger partial charge on any atom is -0.497 e. The highest BCUT2D eigenvalue weighted by Crippen LogP contribution is 2.32. The fourth-order valence-electron chi connectivity index (χ4n) is 3.07. The van der Waals surface area contributed by atoms with Crippen LogP contribution in [0.1, 0.15) is 11.1 Å². The number of ether oxygens (including phenoxy) is 1. The van der Waals surface area contributed by atoms with Gasteiger partial charge in [-0.2, -0.15) is 5.26 Å². The van der Waals surface area contributed by atoms with E-state index in [2.05, 4.69) is 12.6 Å². The maximum atomic E-state index is 9.88. The van der Waals surface area contributed by atoms with Crippen LogP contribution in [0.2, 0.25) is 10.0 Å². The Kier molecular flexibility index (Phi) is 7.25. The number of nitrogens with zero attached hydrogens (tertiary/aromatic N) is 2. The quantitative estimate of drug-likeness (QED) is 0.247. The van der Waals surface area contributed by atoms with Gasteiger partial charge in [-0.05, 0) is 53.6 Å². The van der Waals surface area contributed by atoms with E-state index in [0.717, 1.165) is 22.6 Å². The van der Waals surface area contributed by atoms with Gasteiger partial charge in [0.25, 0.3) is 0 Å². The zero-order chi connectivity index (χ0) is 22.4. The van der Waals surface area contributed by atoms with Gasteiger partial charge in [0, 0.05) is 16.6 Å².